The lowest BCUT2D eigenvalue weighted by atomic mass is 10.0. The maximum atomic E-state index is 13.8. The zero-order valence-electron chi connectivity index (χ0n) is 17.5. The van der Waals surface area contributed by atoms with Crippen molar-refractivity contribution >= 4 is 27.7 Å². The van der Waals surface area contributed by atoms with Gasteiger partial charge >= 0.3 is 6.09 Å². The molecule has 31 heavy (non-hydrogen) atoms. The molecule has 7 nitrogen and oxygen atoms in total. The molecule has 0 bridgehead atoms. The highest BCUT2D eigenvalue weighted by molar-refractivity contribution is 7.89. The monoisotopic (exact) mass is 468 g/mol. The third-order valence-electron chi connectivity index (χ3n) is 6.95. The van der Waals surface area contributed by atoms with E-state index in [2.05, 4.69) is 0 Å². The molecule has 1 amide bonds. The van der Waals surface area contributed by atoms with Crippen molar-refractivity contribution in [2.24, 2.45) is 5.92 Å². The van der Waals surface area contributed by atoms with Crippen LogP contribution in [0.25, 0.3) is 0 Å². The highest BCUT2D eigenvalue weighted by atomic mass is 35.5. The van der Waals surface area contributed by atoms with E-state index >= 15 is 0 Å². The fourth-order valence-electron chi connectivity index (χ4n) is 4.87. The average Bonchev–Trinajstić information content (AvgIpc) is 3.67. The second kappa shape index (κ2) is 8.21. The predicted molar refractivity (Wildman–Crippen MR) is 115 cm³/mol. The summed E-state index contributed by atoms with van der Waals surface area (Å²) in [6, 6.07) is 5.52. The standard InChI is InChI=1S/C22H29ClN2O5S/c23-17-5-7-19(8-6-17)31(27,28)25-18(13-16-3-4-16)14-29-15-20(25)22(9-10-22)30-21(26)24-11-1-2-12-24/h5-8,16,18,20H,1-4,9-15H2/t18-,20-/m1/s1. The third-order valence-corrected chi connectivity index (χ3v) is 9.18. The minimum atomic E-state index is -3.80. The van der Waals surface area contributed by atoms with Gasteiger partial charge in [-0.25, -0.2) is 13.2 Å². The van der Waals surface area contributed by atoms with Gasteiger partial charge in [0.05, 0.1) is 24.2 Å². The van der Waals surface area contributed by atoms with E-state index in [1.807, 2.05) is 0 Å². The van der Waals surface area contributed by atoms with Crippen molar-refractivity contribution in [1.29, 1.82) is 0 Å². The zero-order valence-corrected chi connectivity index (χ0v) is 19.1. The molecule has 1 aromatic rings. The summed E-state index contributed by atoms with van der Waals surface area (Å²) in [5.74, 6) is 0.539. The van der Waals surface area contributed by atoms with Crippen molar-refractivity contribution in [2.45, 2.75) is 67.5 Å². The molecule has 2 saturated heterocycles. The molecule has 0 unspecified atom stereocenters. The molecular weight excluding hydrogens is 440 g/mol. The number of ether oxygens (including phenoxy) is 2. The second-order valence-electron chi connectivity index (χ2n) is 9.30. The summed E-state index contributed by atoms with van der Waals surface area (Å²) >= 11 is 5.99. The number of benzene rings is 1. The van der Waals surface area contributed by atoms with Crippen LogP contribution >= 0.6 is 11.6 Å². The molecule has 0 spiro atoms. The number of nitrogens with zero attached hydrogens (tertiary/aromatic N) is 2. The van der Waals surface area contributed by atoms with E-state index in [-0.39, 0.29) is 23.6 Å². The number of rotatable bonds is 6. The molecule has 2 saturated carbocycles. The third kappa shape index (κ3) is 4.32. The van der Waals surface area contributed by atoms with Crippen LogP contribution in [0.3, 0.4) is 0 Å². The Morgan fingerprint density at radius 2 is 1.81 bits per heavy atom. The Balaban J connectivity index is 1.45. The van der Waals surface area contributed by atoms with Crippen LogP contribution in [0.5, 0.6) is 0 Å². The molecule has 2 heterocycles. The molecule has 0 aromatic heterocycles. The van der Waals surface area contributed by atoms with Crippen LogP contribution in [0.2, 0.25) is 5.02 Å². The average molecular weight is 469 g/mol. The summed E-state index contributed by atoms with van der Waals surface area (Å²) in [6.45, 7) is 2.01. The van der Waals surface area contributed by atoms with Gasteiger partial charge in [0.25, 0.3) is 0 Å². The number of amides is 1. The van der Waals surface area contributed by atoms with Crippen LogP contribution in [0.1, 0.15) is 44.9 Å². The Bertz CT molecular complexity index is 924. The van der Waals surface area contributed by atoms with Crippen LogP contribution in [0.15, 0.2) is 29.2 Å². The van der Waals surface area contributed by atoms with Crippen LogP contribution in [0, 0.1) is 5.92 Å². The second-order valence-corrected chi connectivity index (χ2v) is 11.6. The number of halogens is 1. The first-order valence-corrected chi connectivity index (χ1v) is 13.1. The van der Waals surface area contributed by atoms with E-state index in [0.29, 0.717) is 43.5 Å². The minimum absolute atomic E-state index is 0.214. The van der Waals surface area contributed by atoms with Crippen LogP contribution < -0.4 is 0 Å². The molecule has 2 aliphatic carbocycles. The summed E-state index contributed by atoms with van der Waals surface area (Å²) in [5, 5.41) is 0.491. The van der Waals surface area contributed by atoms with Crippen LogP contribution in [0.4, 0.5) is 4.79 Å². The molecule has 4 aliphatic rings. The number of morpholine rings is 1. The fourth-order valence-corrected chi connectivity index (χ4v) is 6.84. The van der Waals surface area contributed by atoms with Gasteiger partial charge in [-0.1, -0.05) is 24.4 Å². The molecule has 2 aliphatic heterocycles. The molecule has 5 rings (SSSR count). The quantitative estimate of drug-likeness (QED) is 0.636. The van der Waals surface area contributed by atoms with Crippen molar-refractivity contribution in [3.63, 3.8) is 0 Å². The lowest BCUT2D eigenvalue weighted by Gasteiger charge is -2.44. The van der Waals surface area contributed by atoms with Crippen molar-refractivity contribution < 1.29 is 22.7 Å². The largest absolute Gasteiger partial charge is 0.441 e. The fraction of sp³-hybridized carbons (Fsp3) is 0.682. The van der Waals surface area contributed by atoms with Crippen LogP contribution in [-0.2, 0) is 19.5 Å². The Morgan fingerprint density at radius 1 is 1.13 bits per heavy atom. The van der Waals surface area contributed by atoms with E-state index in [9.17, 15) is 13.2 Å². The minimum Gasteiger partial charge on any atom is -0.441 e. The lowest BCUT2D eigenvalue weighted by Crippen LogP contribution is -2.61. The van der Waals surface area contributed by atoms with Gasteiger partial charge in [0, 0.05) is 24.2 Å². The Labute approximate surface area is 188 Å². The molecule has 0 N–H and O–H groups in total. The molecule has 1 aromatic carbocycles. The molecule has 4 fully saturated rings. The van der Waals surface area contributed by atoms with E-state index in [1.54, 1.807) is 33.5 Å². The molecule has 170 valence electrons. The van der Waals surface area contributed by atoms with Crippen molar-refractivity contribution in [3.8, 4) is 0 Å². The summed E-state index contributed by atoms with van der Waals surface area (Å²) in [4.78, 5) is 14.7. The summed E-state index contributed by atoms with van der Waals surface area (Å²) in [7, 11) is -3.80. The highest BCUT2D eigenvalue weighted by Gasteiger charge is 2.60. The number of carbonyl (C=O) groups is 1. The smallest absolute Gasteiger partial charge is 0.410 e. The van der Waals surface area contributed by atoms with Gasteiger partial charge in [0.2, 0.25) is 10.0 Å². The summed E-state index contributed by atoms with van der Waals surface area (Å²) < 4.78 is 41.1. The van der Waals surface area contributed by atoms with E-state index in [4.69, 9.17) is 21.1 Å². The number of sulfonamides is 1. The van der Waals surface area contributed by atoms with E-state index in [0.717, 1.165) is 32.1 Å². The van der Waals surface area contributed by atoms with E-state index < -0.39 is 21.7 Å². The van der Waals surface area contributed by atoms with Crippen molar-refractivity contribution in [3.05, 3.63) is 29.3 Å². The topological polar surface area (TPSA) is 76.1 Å². The van der Waals surface area contributed by atoms with Gasteiger partial charge in [-0.05, 0) is 62.3 Å². The highest BCUT2D eigenvalue weighted by Crippen LogP contribution is 2.49. The molecule has 0 radical (unpaired) electrons. The first-order valence-electron chi connectivity index (χ1n) is 11.2. The molecule has 9 heteroatoms. The van der Waals surface area contributed by atoms with Gasteiger partial charge in [-0.2, -0.15) is 4.31 Å². The number of carbonyl (C=O) groups excluding carboxylic acids is 1. The van der Waals surface area contributed by atoms with Gasteiger partial charge in [0.1, 0.15) is 5.60 Å². The summed E-state index contributed by atoms with van der Waals surface area (Å²) in [5.41, 5.74) is -0.804. The Hall–Kier alpha value is -1.35. The molecule has 2 atom stereocenters. The van der Waals surface area contributed by atoms with Gasteiger partial charge in [-0.3, -0.25) is 0 Å². The number of hydrogen-bond acceptors (Lipinski definition) is 5. The molecular formula is C22H29ClN2O5S. The lowest BCUT2D eigenvalue weighted by molar-refractivity contribution is -0.0728. The Kier molecular flexibility index (Phi) is 5.69. The van der Waals surface area contributed by atoms with E-state index in [1.165, 1.54) is 0 Å². The van der Waals surface area contributed by atoms with Crippen molar-refractivity contribution in [1.82, 2.24) is 9.21 Å². The first-order chi connectivity index (χ1) is 14.9. The van der Waals surface area contributed by atoms with Gasteiger partial charge < -0.3 is 14.4 Å². The first kappa shape index (κ1) is 21.5. The number of likely N-dealkylation sites (tertiary alicyclic amines) is 1. The zero-order chi connectivity index (χ0) is 21.6. The van der Waals surface area contributed by atoms with Gasteiger partial charge in [-0.15, -0.1) is 0 Å². The van der Waals surface area contributed by atoms with Crippen molar-refractivity contribution in [2.75, 3.05) is 26.3 Å². The predicted octanol–water partition coefficient (Wildman–Crippen LogP) is 3.66. The maximum absolute atomic E-state index is 13.8. The normalized spacial score (nSPS) is 28.5. The Morgan fingerprint density at radius 3 is 2.42 bits per heavy atom. The SMILES string of the molecule is O=C(OC1([C@H]2COC[C@@H](CC3CC3)N2S(=O)(=O)c2ccc(Cl)cc2)CC1)N1CCCC1. The number of hydrogen-bond donors (Lipinski definition) is 0. The van der Waals surface area contributed by atoms with Gasteiger partial charge in [0.15, 0.2) is 0 Å². The van der Waals surface area contributed by atoms with Crippen LogP contribution in [-0.4, -0.2) is 67.7 Å². The summed E-state index contributed by atoms with van der Waals surface area (Å²) in [6.07, 6.45) is 5.98. The maximum Gasteiger partial charge on any atom is 0.410 e.